The quantitative estimate of drug-likeness (QED) is 0.433. The van der Waals surface area contributed by atoms with Crippen LogP contribution in [0.4, 0.5) is 0 Å². The lowest BCUT2D eigenvalue weighted by molar-refractivity contribution is -0.0531. The van der Waals surface area contributed by atoms with Crippen LogP contribution in [-0.4, -0.2) is 47.5 Å². The summed E-state index contributed by atoms with van der Waals surface area (Å²) in [4.78, 5) is 2.51. The summed E-state index contributed by atoms with van der Waals surface area (Å²) in [5.74, 6) is 4.74. The van der Waals surface area contributed by atoms with E-state index < -0.39 is 0 Å². The average Bonchev–Trinajstić information content (AvgIpc) is 2.99. The monoisotopic (exact) mass is 427 g/mol. The molecule has 4 heteroatoms. The van der Waals surface area contributed by atoms with E-state index in [4.69, 9.17) is 23.2 Å². The van der Waals surface area contributed by atoms with Gasteiger partial charge >= 0.3 is 0 Å². The molecule has 7 atom stereocenters. The van der Waals surface area contributed by atoms with Gasteiger partial charge < -0.3 is 10.0 Å². The summed E-state index contributed by atoms with van der Waals surface area (Å²) < 4.78 is 0. The second-order valence-electron chi connectivity index (χ2n) is 10.7. The zero-order chi connectivity index (χ0) is 19.9. The van der Waals surface area contributed by atoms with Crippen LogP contribution in [0.3, 0.4) is 0 Å². The van der Waals surface area contributed by atoms with Crippen LogP contribution >= 0.6 is 23.2 Å². The van der Waals surface area contributed by atoms with Gasteiger partial charge in [0.25, 0.3) is 0 Å². The van der Waals surface area contributed by atoms with Gasteiger partial charge in [-0.15, -0.1) is 23.2 Å². The first-order valence-corrected chi connectivity index (χ1v) is 12.7. The van der Waals surface area contributed by atoms with Crippen molar-refractivity contribution in [1.29, 1.82) is 0 Å². The van der Waals surface area contributed by atoms with Crippen LogP contribution in [0.2, 0.25) is 0 Å². The van der Waals surface area contributed by atoms with Gasteiger partial charge in [-0.1, -0.05) is 25.5 Å². The molecule has 0 radical (unpaired) electrons. The van der Waals surface area contributed by atoms with Crippen LogP contribution < -0.4 is 0 Å². The molecule has 0 aromatic rings. The molecule has 3 fully saturated rings. The third-order valence-electron chi connectivity index (χ3n) is 9.55. The number of allylic oxidation sites excluding steroid dienone is 1. The van der Waals surface area contributed by atoms with Crippen LogP contribution in [0.5, 0.6) is 0 Å². The zero-order valence-corrected chi connectivity index (χ0v) is 19.3. The van der Waals surface area contributed by atoms with Gasteiger partial charge in [0.05, 0.1) is 6.10 Å². The number of hydrogen-bond donors (Lipinski definition) is 1. The van der Waals surface area contributed by atoms with Crippen molar-refractivity contribution in [2.24, 2.45) is 34.5 Å². The lowest BCUT2D eigenvalue weighted by Gasteiger charge is -2.58. The molecule has 160 valence electrons. The second-order valence-corrected chi connectivity index (χ2v) is 11.4. The highest BCUT2D eigenvalue weighted by atomic mass is 35.5. The van der Waals surface area contributed by atoms with E-state index in [-0.39, 0.29) is 6.10 Å². The fourth-order valence-electron chi connectivity index (χ4n) is 7.90. The Hall–Kier alpha value is 0.240. The minimum absolute atomic E-state index is 0.101. The zero-order valence-electron chi connectivity index (χ0n) is 17.8. The second kappa shape index (κ2) is 8.40. The Morgan fingerprint density at radius 2 is 1.79 bits per heavy atom. The van der Waals surface area contributed by atoms with Gasteiger partial charge in [0.15, 0.2) is 0 Å². The first kappa shape index (κ1) is 21.5. The van der Waals surface area contributed by atoms with Crippen LogP contribution in [0.15, 0.2) is 11.6 Å². The van der Waals surface area contributed by atoms with Crippen molar-refractivity contribution in [2.75, 3.05) is 31.4 Å². The summed E-state index contributed by atoms with van der Waals surface area (Å²) in [6, 6.07) is 0. The third-order valence-corrected chi connectivity index (χ3v) is 9.89. The SMILES string of the molecule is C[C@]12CC[C@H]3[C@@H](CC=C4C[C@@H](O)CC[C@@]43C)[C@@H]1CC[C@@H]2CN(CCCl)CCCl. The molecule has 0 aromatic heterocycles. The summed E-state index contributed by atoms with van der Waals surface area (Å²) in [5.41, 5.74) is 2.42. The summed E-state index contributed by atoms with van der Waals surface area (Å²) in [5, 5.41) is 10.2. The molecule has 28 heavy (non-hydrogen) atoms. The van der Waals surface area contributed by atoms with Crippen LogP contribution in [0.1, 0.15) is 65.2 Å². The predicted molar refractivity (Wildman–Crippen MR) is 119 cm³/mol. The van der Waals surface area contributed by atoms with Crippen LogP contribution in [0, 0.1) is 34.5 Å². The molecule has 3 saturated carbocycles. The number of hydrogen-bond acceptors (Lipinski definition) is 2. The minimum Gasteiger partial charge on any atom is -0.393 e. The van der Waals surface area contributed by atoms with E-state index in [9.17, 15) is 5.11 Å². The van der Waals surface area contributed by atoms with E-state index in [1.54, 1.807) is 5.57 Å². The molecule has 0 amide bonds. The Kier molecular flexibility index (Phi) is 6.44. The Morgan fingerprint density at radius 1 is 1.04 bits per heavy atom. The first-order valence-electron chi connectivity index (χ1n) is 11.6. The van der Waals surface area contributed by atoms with Crippen molar-refractivity contribution < 1.29 is 5.11 Å². The maximum absolute atomic E-state index is 10.2. The number of aliphatic hydroxyl groups excluding tert-OH is 1. The first-order chi connectivity index (χ1) is 13.4. The topological polar surface area (TPSA) is 23.5 Å². The van der Waals surface area contributed by atoms with Gasteiger partial charge in [0, 0.05) is 31.4 Å². The smallest absolute Gasteiger partial charge is 0.0577 e. The van der Waals surface area contributed by atoms with E-state index in [1.165, 1.54) is 45.1 Å². The molecule has 1 N–H and O–H groups in total. The van der Waals surface area contributed by atoms with Crippen molar-refractivity contribution in [3.63, 3.8) is 0 Å². The van der Waals surface area contributed by atoms with Gasteiger partial charge in [-0.3, -0.25) is 0 Å². The number of rotatable bonds is 6. The number of halogens is 2. The summed E-state index contributed by atoms with van der Waals surface area (Å²) >= 11 is 12.1. The van der Waals surface area contributed by atoms with Gasteiger partial charge in [0.1, 0.15) is 0 Å². The lowest BCUT2D eigenvalue weighted by atomic mass is 9.47. The highest BCUT2D eigenvalue weighted by Crippen LogP contribution is 2.66. The Morgan fingerprint density at radius 3 is 2.50 bits per heavy atom. The molecular formula is C24H39Cl2NO. The Bertz CT molecular complexity index is 589. The van der Waals surface area contributed by atoms with Crippen molar-refractivity contribution in [1.82, 2.24) is 4.90 Å². The molecule has 0 aliphatic heterocycles. The van der Waals surface area contributed by atoms with Gasteiger partial charge in [-0.05, 0) is 85.9 Å². The maximum atomic E-state index is 10.2. The van der Waals surface area contributed by atoms with Crippen molar-refractivity contribution in [3.8, 4) is 0 Å². The Labute approximate surface area is 182 Å². The summed E-state index contributed by atoms with van der Waals surface area (Å²) in [6.07, 6.45) is 12.3. The number of aliphatic hydroxyl groups is 1. The van der Waals surface area contributed by atoms with E-state index in [0.29, 0.717) is 22.6 Å². The molecule has 0 bridgehead atoms. The Balaban J connectivity index is 1.52. The van der Waals surface area contributed by atoms with Gasteiger partial charge in [-0.25, -0.2) is 0 Å². The van der Waals surface area contributed by atoms with E-state index in [0.717, 1.165) is 49.6 Å². The number of alkyl halides is 2. The van der Waals surface area contributed by atoms with Crippen molar-refractivity contribution in [2.45, 2.75) is 71.3 Å². The number of nitrogens with zero attached hydrogens (tertiary/aromatic N) is 1. The fourth-order valence-corrected chi connectivity index (χ4v) is 8.37. The number of fused-ring (bicyclic) bond motifs is 5. The molecule has 0 spiro atoms. The third kappa shape index (κ3) is 3.59. The summed E-state index contributed by atoms with van der Waals surface area (Å²) in [6.45, 7) is 8.24. The minimum atomic E-state index is -0.101. The fraction of sp³-hybridized carbons (Fsp3) is 0.917. The highest BCUT2D eigenvalue weighted by Gasteiger charge is 2.58. The maximum Gasteiger partial charge on any atom is 0.0577 e. The predicted octanol–water partition coefficient (Wildman–Crippen LogP) is 5.71. The van der Waals surface area contributed by atoms with Gasteiger partial charge in [-0.2, -0.15) is 0 Å². The highest BCUT2D eigenvalue weighted by molar-refractivity contribution is 6.18. The normalized spacial score (nSPS) is 45.4. The molecule has 0 unspecified atom stereocenters. The van der Waals surface area contributed by atoms with Crippen LogP contribution in [0.25, 0.3) is 0 Å². The summed E-state index contributed by atoms with van der Waals surface area (Å²) in [7, 11) is 0. The van der Waals surface area contributed by atoms with Gasteiger partial charge in [0.2, 0.25) is 0 Å². The van der Waals surface area contributed by atoms with E-state index in [2.05, 4.69) is 24.8 Å². The van der Waals surface area contributed by atoms with Crippen molar-refractivity contribution >= 4 is 23.2 Å². The largest absolute Gasteiger partial charge is 0.393 e. The molecule has 2 nitrogen and oxygen atoms in total. The molecule has 0 heterocycles. The van der Waals surface area contributed by atoms with E-state index >= 15 is 0 Å². The van der Waals surface area contributed by atoms with E-state index in [1.807, 2.05) is 0 Å². The standard InChI is InChI=1S/C24H39Cl2NO/c1-23-9-7-19(28)15-17(23)3-5-20-21-6-4-18(16-27(13-11-25)14-12-26)24(21,2)10-8-22(20)23/h3,18-22,28H,4-16H2,1-2H3/t18-,19+,20+,21+,22+,23+,24-/m1/s1. The molecular weight excluding hydrogens is 389 g/mol. The molecule has 0 aromatic carbocycles. The lowest BCUT2D eigenvalue weighted by Crippen LogP contribution is -2.51. The molecule has 4 rings (SSSR count). The molecule has 4 aliphatic carbocycles. The average molecular weight is 428 g/mol. The van der Waals surface area contributed by atoms with Crippen molar-refractivity contribution in [3.05, 3.63) is 11.6 Å². The molecule has 4 aliphatic rings. The molecule has 0 saturated heterocycles. The van der Waals surface area contributed by atoms with Crippen LogP contribution in [-0.2, 0) is 0 Å².